The van der Waals surface area contributed by atoms with E-state index in [-0.39, 0.29) is 33.1 Å². The number of allylic oxidation sites excluding steroid dienone is 4. The van der Waals surface area contributed by atoms with E-state index in [9.17, 15) is 19.7 Å². The molecule has 0 saturated heterocycles. The van der Waals surface area contributed by atoms with Gasteiger partial charge < -0.3 is 9.73 Å². The van der Waals surface area contributed by atoms with Crippen LogP contribution < -0.4 is 5.32 Å². The second-order valence-corrected chi connectivity index (χ2v) is 11.8. The van der Waals surface area contributed by atoms with Gasteiger partial charge in [-0.05, 0) is 47.9 Å². The predicted molar refractivity (Wildman–Crippen MR) is 132 cm³/mol. The molecule has 182 valence electrons. The van der Waals surface area contributed by atoms with E-state index in [1.54, 1.807) is 18.2 Å². The van der Waals surface area contributed by atoms with Gasteiger partial charge in [0, 0.05) is 47.0 Å². The lowest BCUT2D eigenvalue weighted by molar-refractivity contribution is -0.384. The predicted octanol–water partition coefficient (Wildman–Crippen LogP) is 6.48. The van der Waals surface area contributed by atoms with Crippen LogP contribution in [0, 0.1) is 20.9 Å². The number of halogens is 1. The highest BCUT2D eigenvalue weighted by molar-refractivity contribution is 6.32. The molecule has 1 aromatic carbocycles. The van der Waals surface area contributed by atoms with Gasteiger partial charge in [0.1, 0.15) is 16.5 Å². The maximum atomic E-state index is 13.4. The fourth-order valence-corrected chi connectivity index (χ4v) is 5.83. The van der Waals surface area contributed by atoms with Crippen LogP contribution in [0.3, 0.4) is 0 Å². The van der Waals surface area contributed by atoms with E-state index in [0.717, 1.165) is 11.4 Å². The van der Waals surface area contributed by atoms with Crippen molar-refractivity contribution >= 4 is 28.9 Å². The van der Waals surface area contributed by atoms with Gasteiger partial charge in [0.2, 0.25) is 0 Å². The number of carbonyl (C=O) groups excluding carboxylic acids is 2. The molecule has 1 aliphatic heterocycles. The number of Topliss-reactive ketones (excluding diaryl/α,β-unsaturated/α-hetero) is 2. The van der Waals surface area contributed by atoms with Crippen molar-refractivity contribution in [1.29, 1.82) is 0 Å². The lowest BCUT2D eigenvalue weighted by Crippen LogP contribution is -2.42. The number of ketones is 2. The molecule has 8 heteroatoms. The topological polar surface area (TPSA) is 102 Å². The minimum atomic E-state index is -0.593. The summed E-state index contributed by atoms with van der Waals surface area (Å²) in [5.41, 5.74) is 2.83. The van der Waals surface area contributed by atoms with Crippen LogP contribution in [-0.4, -0.2) is 16.5 Å². The zero-order valence-electron chi connectivity index (χ0n) is 20.2. The fourth-order valence-electron chi connectivity index (χ4n) is 5.64. The van der Waals surface area contributed by atoms with Crippen molar-refractivity contribution in [2.45, 2.75) is 59.3 Å². The monoisotopic (exact) mass is 494 g/mol. The van der Waals surface area contributed by atoms with Gasteiger partial charge in [0.25, 0.3) is 5.69 Å². The first-order valence-electron chi connectivity index (χ1n) is 11.7. The molecule has 0 radical (unpaired) electrons. The summed E-state index contributed by atoms with van der Waals surface area (Å²) in [6.07, 6.45) is 2.19. The van der Waals surface area contributed by atoms with E-state index in [2.05, 4.69) is 33.0 Å². The minimum Gasteiger partial charge on any atom is -0.460 e. The van der Waals surface area contributed by atoms with Crippen LogP contribution in [0.2, 0.25) is 5.02 Å². The zero-order valence-corrected chi connectivity index (χ0v) is 20.9. The Bertz CT molecular complexity index is 1310. The number of carbonyl (C=O) groups is 2. The number of nitro groups is 1. The Hall–Kier alpha value is -3.19. The first kappa shape index (κ1) is 23.5. The highest BCUT2D eigenvalue weighted by Gasteiger charge is 2.47. The number of hydrogen-bond donors (Lipinski definition) is 1. The fraction of sp³-hybridized carbons (Fsp3) is 0.407. The number of dihydropyridines is 1. The summed E-state index contributed by atoms with van der Waals surface area (Å²) in [5.74, 6) is 0.329. The molecule has 1 N–H and O–H groups in total. The smallest absolute Gasteiger partial charge is 0.288 e. The lowest BCUT2D eigenvalue weighted by atomic mass is 9.65. The molecule has 0 bridgehead atoms. The summed E-state index contributed by atoms with van der Waals surface area (Å²) < 4.78 is 6.22. The van der Waals surface area contributed by atoms with Crippen molar-refractivity contribution < 1.29 is 18.9 Å². The van der Waals surface area contributed by atoms with Crippen molar-refractivity contribution in [2.75, 3.05) is 0 Å². The second-order valence-electron chi connectivity index (χ2n) is 11.3. The molecule has 2 heterocycles. The largest absolute Gasteiger partial charge is 0.460 e. The average Bonchev–Trinajstić information content (AvgIpc) is 3.20. The molecule has 35 heavy (non-hydrogen) atoms. The molecular formula is C27H27ClN2O5. The molecule has 0 saturated carbocycles. The van der Waals surface area contributed by atoms with Crippen LogP contribution in [0.4, 0.5) is 5.69 Å². The van der Waals surface area contributed by atoms with Crippen molar-refractivity contribution in [3.05, 3.63) is 73.8 Å². The molecule has 0 atom stereocenters. The van der Waals surface area contributed by atoms with E-state index in [4.69, 9.17) is 16.0 Å². The number of benzene rings is 1. The van der Waals surface area contributed by atoms with Gasteiger partial charge in [-0.3, -0.25) is 19.7 Å². The van der Waals surface area contributed by atoms with Gasteiger partial charge in [0.05, 0.1) is 10.8 Å². The standard InChI is InChI=1S/C27H27ClN2O5/c1-26(2)10-16-23(19(31)12-26)25(24-17(29-16)11-27(3,4)13-20(24)32)22-8-7-21(35-22)14-5-6-15(28)18(9-14)30(33)34/h5-9,25,29H,10-13H2,1-4H3. The Balaban J connectivity index is 1.64. The van der Waals surface area contributed by atoms with E-state index >= 15 is 0 Å². The van der Waals surface area contributed by atoms with Crippen LogP contribution >= 0.6 is 11.6 Å². The molecule has 7 nitrogen and oxygen atoms in total. The van der Waals surface area contributed by atoms with Crippen molar-refractivity contribution in [3.8, 4) is 11.3 Å². The molecule has 0 amide bonds. The van der Waals surface area contributed by atoms with Crippen molar-refractivity contribution in [1.82, 2.24) is 5.32 Å². The minimum absolute atomic E-state index is 0.0121. The number of nitrogens with one attached hydrogen (secondary N) is 1. The van der Waals surface area contributed by atoms with Gasteiger partial charge in [-0.25, -0.2) is 0 Å². The van der Waals surface area contributed by atoms with E-state index in [0.29, 0.717) is 53.9 Å². The third-order valence-corrected chi connectivity index (χ3v) is 7.38. The van der Waals surface area contributed by atoms with Crippen LogP contribution in [-0.2, 0) is 9.59 Å². The Morgan fingerprint density at radius 1 is 0.943 bits per heavy atom. The van der Waals surface area contributed by atoms with E-state index in [1.165, 1.54) is 12.1 Å². The third-order valence-electron chi connectivity index (χ3n) is 7.06. The summed E-state index contributed by atoms with van der Waals surface area (Å²) in [6.45, 7) is 8.29. The first-order chi connectivity index (χ1) is 16.3. The van der Waals surface area contributed by atoms with Gasteiger partial charge in [-0.15, -0.1) is 0 Å². The van der Waals surface area contributed by atoms with Crippen LogP contribution in [0.1, 0.15) is 65.1 Å². The molecule has 2 aliphatic carbocycles. The van der Waals surface area contributed by atoms with Crippen molar-refractivity contribution in [3.63, 3.8) is 0 Å². The summed E-state index contributed by atoms with van der Waals surface area (Å²) >= 11 is 5.97. The van der Waals surface area contributed by atoms with Crippen molar-refractivity contribution in [2.24, 2.45) is 10.8 Å². The normalized spacial score (nSPS) is 21.5. The molecular weight excluding hydrogens is 468 g/mol. The number of nitrogens with zero attached hydrogens (tertiary/aromatic N) is 1. The van der Waals surface area contributed by atoms with E-state index < -0.39 is 10.8 Å². The number of rotatable bonds is 3. The van der Waals surface area contributed by atoms with Crippen LogP contribution in [0.5, 0.6) is 0 Å². The highest BCUT2D eigenvalue weighted by atomic mass is 35.5. The lowest BCUT2D eigenvalue weighted by Gasteiger charge is -2.43. The quantitative estimate of drug-likeness (QED) is 0.387. The number of furan rings is 1. The summed E-state index contributed by atoms with van der Waals surface area (Å²) in [5, 5.41) is 14.9. The molecule has 0 spiro atoms. The van der Waals surface area contributed by atoms with E-state index in [1.807, 2.05) is 0 Å². The summed E-state index contributed by atoms with van der Waals surface area (Å²) in [7, 11) is 0. The second kappa shape index (κ2) is 7.92. The first-order valence-corrected chi connectivity index (χ1v) is 12.1. The maximum absolute atomic E-state index is 13.4. The molecule has 0 fully saturated rings. The SMILES string of the molecule is CC1(C)CC(=O)C2=C(C1)NC1=C(C(=O)CC(C)(C)C1)C2c1ccc(-c2ccc(Cl)c([N+](=O)[O-])c2)o1. The maximum Gasteiger partial charge on any atom is 0.288 e. The molecule has 5 rings (SSSR count). The summed E-state index contributed by atoms with van der Waals surface area (Å²) in [4.78, 5) is 37.6. The Kier molecular flexibility index (Phi) is 5.33. The molecule has 2 aromatic rings. The molecule has 1 aromatic heterocycles. The Labute approximate surface area is 208 Å². The number of hydrogen-bond acceptors (Lipinski definition) is 6. The van der Waals surface area contributed by atoms with Crippen LogP contribution in [0.15, 0.2) is 57.3 Å². The molecule has 3 aliphatic rings. The van der Waals surface area contributed by atoms with Gasteiger partial charge >= 0.3 is 0 Å². The third kappa shape index (κ3) is 4.12. The average molecular weight is 495 g/mol. The zero-order chi connectivity index (χ0) is 25.3. The Morgan fingerprint density at radius 2 is 1.51 bits per heavy atom. The molecule has 0 unspecified atom stereocenters. The van der Waals surface area contributed by atoms with Crippen LogP contribution in [0.25, 0.3) is 11.3 Å². The Morgan fingerprint density at radius 3 is 2.06 bits per heavy atom. The van der Waals surface area contributed by atoms with Gasteiger partial charge in [-0.1, -0.05) is 39.3 Å². The summed E-state index contributed by atoms with van der Waals surface area (Å²) in [6, 6.07) is 7.96. The van der Waals surface area contributed by atoms with Gasteiger partial charge in [-0.2, -0.15) is 0 Å². The highest BCUT2D eigenvalue weighted by Crippen LogP contribution is 2.51. The number of nitro benzene ring substituents is 1. The van der Waals surface area contributed by atoms with Gasteiger partial charge in [0.15, 0.2) is 11.6 Å².